The van der Waals surface area contributed by atoms with Crippen LogP contribution < -0.4 is 0 Å². The van der Waals surface area contributed by atoms with Gasteiger partial charge in [-0.2, -0.15) is 0 Å². The van der Waals surface area contributed by atoms with E-state index in [1.54, 1.807) is 24.5 Å². The van der Waals surface area contributed by atoms with Crippen molar-refractivity contribution in [2.24, 2.45) is 0 Å². The minimum absolute atomic E-state index is 0.0215. The fraction of sp³-hybridized carbons (Fsp3) is 0.267. The first-order valence-electron chi connectivity index (χ1n) is 6.74. The lowest BCUT2D eigenvalue weighted by molar-refractivity contribution is -0.384. The zero-order valence-electron chi connectivity index (χ0n) is 11.8. The number of furan rings is 1. The number of carboxylic acid groups (broad SMARTS) is 1. The highest BCUT2D eigenvalue weighted by atomic mass is 16.6. The third-order valence-corrected chi connectivity index (χ3v) is 3.15. The van der Waals surface area contributed by atoms with E-state index < -0.39 is 10.9 Å². The van der Waals surface area contributed by atoms with Crippen molar-refractivity contribution in [3.63, 3.8) is 0 Å². The summed E-state index contributed by atoms with van der Waals surface area (Å²) < 4.78 is 5.28. The summed E-state index contributed by atoms with van der Waals surface area (Å²) in [5.74, 6) is -0.125. The molecule has 0 unspecified atom stereocenters. The Bertz CT molecular complexity index is 622. The predicted octanol–water partition coefficient (Wildman–Crippen LogP) is 2.66. The summed E-state index contributed by atoms with van der Waals surface area (Å²) in [7, 11) is 0. The quantitative estimate of drug-likeness (QED) is 0.595. The molecule has 1 aromatic heterocycles. The largest absolute Gasteiger partial charge is 0.481 e. The Kier molecular flexibility index (Phi) is 5.26. The molecule has 2 aromatic rings. The van der Waals surface area contributed by atoms with E-state index in [2.05, 4.69) is 0 Å². The molecule has 22 heavy (non-hydrogen) atoms. The topological polar surface area (TPSA) is 96.8 Å². The van der Waals surface area contributed by atoms with E-state index in [4.69, 9.17) is 9.52 Å². The normalized spacial score (nSPS) is 10.8. The van der Waals surface area contributed by atoms with Crippen molar-refractivity contribution in [3.8, 4) is 0 Å². The number of aliphatic carboxylic acids is 1. The van der Waals surface area contributed by atoms with Crippen LogP contribution in [0.15, 0.2) is 47.1 Å². The first-order chi connectivity index (χ1) is 10.5. The molecule has 0 saturated heterocycles. The minimum atomic E-state index is -0.867. The maximum absolute atomic E-state index is 10.8. The fourth-order valence-corrected chi connectivity index (χ4v) is 2.07. The summed E-state index contributed by atoms with van der Waals surface area (Å²) in [6.07, 6.45) is 1.59. The monoisotopic (exact) mass is 304 g/mol. The van der Waals surface area contributed by atoms with Crippen LogP contribution in [0.1, 0.15) is 17.7 Å². The molecule has 7 heteroatoms. The van der Waals surface area contributed by atoms with Crippen LogP contribution in [0.3, 0.4) is 0 Å². The molecule has 0 spiro atoms. The smallest absolute Gasteiger partial charge is 0.304 e. The molecule has 0 aliphatic heterocycles. The van der Waals surface area contributed by atoms with Crippen molar-refractivity contribution in [1.29, 1.82) is 0 Å². The molecule has 0 aliphatic carbocycles. The Morgan fingerprint density at radius 3 is 2.50 bits per heavy atom. The lowest BCUT2D eigenvalue weighted by atomic mass is 10.2. The van der Waals surface area contributed by atoms with Crippen molar-refractivity contribution in [3.05, 3.63) is 64.1 Å². The average molecular weight is 304 g/mol. The third kappa shape index (κ3) is 4.71. The Morgan fingerprint density at radius 1 is 1.23 bits per heavy atom. The van der Waals surface area contributed by atoms with Gasteiger partial charge >= 0.3 is 5.97 Å². The van der Waals surface area contributed by atoms with Crippen molar-refractivity contribution in [1.82, 2.24) is 4.90 Å². The lowest BCUT2D eigenvalue weighted by Gasteiger charge is -2.20. The number of nitro groups is 1. The van der Waals surface area contributed by atoms with Crippen molar-refractivity contribution in [2.45, 2.75) is 19.5 Å². The first kappa shape index (κ1) is 15.7. The molecule has 0 atom stereocenters. The SMILES string of the molecule is O=C(O)CCN(Cc1ccc([N+](=O)[O-])cc1)Cc1ccco1. The molecular formula is C15H16N2O5. The second kappa shape index (κ2) is 7.37. The Balaban J connectivity index is 2.03. The Morgan fingerprint density at radius 2 is 1.95 bits per heavy atom. The Labute approximate surface area is 126 Å². The van der Waals surface area contributed by atoms with Gasteiger partial charge in [-0.25, -0.2) is 0 Å². The summed E-state index contributed by atoms with van der Waals surface area (Å²) in [6.45, 7) is 1.34. The van der Waals surface area contributed by atoms with Gasteiger partial charge in [-0.05, 0) is 17.7 Å². The fourth-order valence-electron chi connectivity index (χ4n) is 2.07. The van der Waals surface area contributed by atoms with Gasteiger partial charge in [-0.1, -0.05) is 12.1 Å². The van der Waals surface area contributed by atoms with Crippen LogP contribution in [0.4, 0.5) is 5.69 Å². The van der Waals surface area contributed by atoms with Gasteiger partial charge in [0.2, 0.25) is 0 Å². The number of hydrogen-bond donors (Lipinski definition) is 1. The van der Waals surface area contributed by atoms with E-state index in [9.17, 15) is 14.9 Å². The van der Waals surface area contributed by atoms with Gasteiger partial charge in [0.1, 0.15) is 5.76 Å². The molecule has 1 heterocycles. The van der Waals surface area contributed by atoms with Crippen LogP contribution in [-0.2, 0) is 17.9 Å². The molecule has 0 fully saturated rings. The van der Waals surface area contributed by atoms with Crippen molar-refractivity contribution < 1.29 is 19.2 Å². The van der Waals surface area contributed by atoms with E-state index in [-0.39, 0.29) is 12.1 Å². The van der Waals surface area contributed by atoms with Crippen LogP contribution in [-0.4, -0.2) is 27.4 Å². The third-order valence-electron chi connectivity index (χ3n) is 3.15. The molecule has 0 bridgehead atoms. The highest BCUT2D eigenvalue weighted by molar-refractivity contribution is 5.66. The number of rotatable bonds is 8. The molecule has 0 radical (unpaired) electrons. The van der Waals surface area contributed by atoms with Crippen LogP contribution in [0, 0.1) is 10.1 Å². The van der Waals surface area contributed by atoms with Crippen LogP contribution in [0.25, 0.3) is 0 Å². The van der Waals surface area contributed by atoms with E-state index in [1.807, 2.05) is 11.0 Å². The van der Waals surface area contributed by atoms with E-state index in [1.165, 1.54) is 12.1 Å². The van der Waals surface area contributed by atoms with Gasteiger partial charge in [0, 0.05) is 25.2 Å². The molecule has 1 N–H and O–H groups in total. The van der Waals surface area contributed by atoms with E-state index >= 15 is 0 Å². The van der Waals surface area contributed by atoms with Gasteiger partial charge in [0.15, 0.2) is 0 Å². The highest BCUT2D eigenvalue weighted by Crippen LogP contribution is 2.15. The number of benzene rings is 1. The van der Waals surface area contributed by atoms with E-state index in [0.29, 0.717) is 19.6 Å². The standard InChI is InChI=1S/C15H16N2O5/c18-15(19)7-8-16(11-14-2-1-9-22-14)10-12-3-5-13(6-4-12)17(20)21/h1-6,9H,7-8,10-11H2,(H,18,19). The number of carbonyl (C=O) groups is 1. The first-order valence-corrected chi connectivity index (χ1v) is 6.74. The summed E-state index contributed by atoms with van der Waals surface area (Å²) in [4.78, 5) is 22.9. The summed E-state index contributed by atoms with van der Waals surface area (Å²) in [5.41, 5.74) is 0.911. The minimum Gasteiger partial charge on any atom is -0.481 e. The summed E-state index contributed by atoms with van der Waals surface area (Å²) >= 11 is 0. The van der Waals surface area contributed by atoms with Gasteiger partial charge in [-0.15, -0.1) is 0 Å². The highest BCUT2D eigenvalue weighted by Gasteiger charge is 2.12. The Hall–Kier alpha value is -2.67. The van der Waals surface area contributed by atoms with Crippen LogP contribution >= 0.6 is 0 Å². The molecule has 1 aromatic carbocycles. The number of non-ortho nitro benzene ring substituents is 1. The lowest BCUT2D eigenvalue weighted by Crippen LogP contribution is -2.25. The maximum atomic E-state index is 10.8. The molecule has 116 valence electrons. The van der Waals surface area contributed by atoms with Crippen molar-refractivity contribution >= 4 is 11.7 Å². The molecule has 0 amide bonds. The zero-order chi connectivity index (χ0) is 15.9. The van der Waals surface area contributed by atoms with Gasteiger partial charge in [0.05, 0.1) is 24.2 Å². The van der Waals surface area contributed by atoms with Gasteiger partial charge in [0.25, 0.3) is 5.69 Å². The number of carboxylic acids is 1. The molecule has 0 saturated carbocycles. The van der Waals surface area contributed by atoms with E-state index in [0.717, 1.165) is 11.3 Å². The predicted molar refractivity (Wildman–Crippen MR) is 78.2 cm³/mol. The van der Waals surface area contributed by atoms with Gasteiger partial charge < -0.3 is 9.52 Å². The second-order valence-electron chi connectivity index (χ2n) is 4.86. The number of hydrogen-bond acceptors (Lipinski definition) is 5. The van der Waals surface area contributed by atoms with Crippen molar-refractivity contribution in [2.75, 3.05) is 6.54 Å². The molecule has 0 aliphatic rings. The van der Waals surface area contributed by atoms with Crippen LogP contribution in [0.2, 0.25) is 0 Å². The number of nitro benzene ring substituents is 1. The van der Waals surface area contributed by atoms with Crippen LogP contribution in [0.5, 0.6) is 0 Å². The average Bonchev–Trinajstić information content (AvgIpc) is 2.98. The second-order valence-corrected chi connectivity index (χ2v) is 4.86. The molecule has 2 rings (SSSR count). The molecule has 7 nitrogen and oxygen atoms in total. The summed E-state index contributed by atoms with van der Waals surface area (Å²) in [6, 6.07) is 9.83. The zero-order valence-corrected chi connectivity index (χ0v) is 11.8. The number of nitrogens with zero attached hydrogens (tertiary/aromatic N) is 2. The molecular weight excluding hydrogens is 288 g/mol. The summed E-state index contributed by atoms with van der Waals surface area (Å²) in [5, 5.41) is 19.5. The van der Waals surface area contributed by atoms with Gasteiger partial charge in [-0.3, -0.25) is 19.8 Å². The maximum Gasteiger partial charge on any atom is 0.304 e.